The standard InChI is InChI=1S/C20H18N4O3/c25-20-24(9-2-10-26-20)16-6-4-13(5-7-16)18-22-19(27-23-18)15-11-14-3-1-8-21-17(14)12-15/h1,3-8,15H,2,9-12H2. The van der Waals surface area contributed by atoms with Gasteiger partial charge in [0, 0.05) is 42.0 Å². The molecule has 0 spiro atoms. The van der Waals surface area contributed by atoms with Crippen molar-refractivity contribution in [3.8, 4) is 11.4 Å². The van der Waals surface area contributed by atoms with E-state index in [4.69, 9.17) is 9.26 Å². The molecule has 1 aliphatic carbocycles. The maximum absolute atomic E-state index is 11.9. The van der Waals surface area contributed by atoms with Crippen molar-refractivity contribution in [2.45, 2.75) is 25.2 Å². The second kappa shape index (κ2) is 6.50. The Labute approximate surface area is 156 Å². The number of hydrogen-bond donors (Lipinski definition) is 0. The first-order valence-electron chi connectivity index (χ1n) is 9.09. The molecule has 1 amide bonds. The van der Waals surface area contributed by atoms with Crippen LogP contribution >= 0.6 is 0 Å². The molecule has 0 radical (unpaired) electrons. The highest BCUT2D eigenvalue weighted by atomic mass is 16.6. The number of anilines is 1. The zero-order valence-electron chi connectivity index (χ0n) is 14.7. The van der Waals surface area contributed by atoms with Crippen molar-refractivity contribution >= 4 is 11.8 Å². The van der Waals surface area contributed by atoms with Gasteiger partial charge in [-0.15, -0.1) is 0 Å². The molecule has 1 fully saturated rings. The van der Waals surface area contributed by atoms with Gasteiger partial charge in [-0.2, -0.15) is 4.98 Å². The third-order valence-electron chi connectivity index (χ3n) is 5.09. The lowest BCUT2D eigenvalue weighted by atomic mass is 10.1. The number of amides is 1. The van der Waals surface area contributed by atoms with Crippen molar-refractivity contribution in [3.63, 3.8) is 0 Å². The number of nitrogens with zero attached hydrogens (tertiary/aromatic N) is 4. The van der Waals surface area contributed by atoms with Gasteiger partial charge in [0.2, 0.25) is 11.7 Å². The van der Waals surface area contributed by atoms with Gasteiger partial charge in [0.1, 0.15) is 0 Å². The number of cyclic esters (lactones) is 1. The smallest absolute Gasteiger partial charge is 0.414 e. The van der Waals surface area contributed by atoms with Crippen LogP contribution in [0.3, 0.4) is 0 Å². The van der Waals surface area contributed by atoms with E-state index in [0.29, 0.717) is 24.9 Å². The van der Waals surface area contributed by atoms with Crippen LogP contribution in [0.25, 0.3) is 11.4 Å². The zero-order valence-corrected chi connectivity index (χ0v) is 14.7. The predicted molar refractivity (Wildman–Crippen MR) is 97.4 cm³/mol. The van der Waals surface area contributed by atoms with Crippen LogP contribution in [0.15, 0.2) is 47.1 Å². The van der Waals surface area contributed by atoms with Crippen LogP contribution in [0, 0.1) is 0 Å². The van der Waals surface area contributed by atoms with Gasteiger partial charge in [-0.1, -0.05) is 11.2 Å². The molecular formula is C20H18N4O3. The Morgan fingerprint density at radius 1 is 1.11 bits per heavy atom. The van der Waals surface area contributed by atoms with Crippen LogP contribution in [-0.2, 0) is 17.6 Å². The molecule has 0 bridgehead atoms. The molecule has 0 N–H and O–H groups in total. The molecule has 1 saturated heterocycles. The van der Waals surface area contributed by atoms with Crippen molar-refractivity contribution in [2.75, 3.05) is 18.1 Å². The summed E-state index contributed by atoms with van der Waals surface area (Å²) >= 11 is 0. The van der Waals surface area contributed by atoms with E-state index in [2.05, 4.69) is 21.2 Å². The third kappa shape index (κ3) is 2.95. The van der Waals surface area contributed by atoms with E-state index in [1.807, 2.05) is 36.5 Å². The average molecular weight is 362 g/mol. The van der Waals surface area contributed by atoms with E-state index >= 15 is 0 Å². The minimum atomic E-state index is -0.301. The monoisotopic (exact) mass is 362 g/mol. The lowest BCUT2D eigenvalue weighted by molar-refractivity contribution is 0.140. The number of benzene rings is 1. The van der Waals surface area contributed by atoms with E-state index in [0.717, 1.165) is 36.2 Å². The molecule has 5 rings (SSSR count). The van der Waals surface area contributed by atoms with Crippen molar-refractivity contribution in [3.05, 3.63) is 59.7 Å². The Hall–Kier alpha value is -3.22. The lowest BCUT2D eigenvalue weighted by Gasteiger charge is -2.26. The van der Waals surface area contributed by atoms with E-state index in [1.165, 1.54) is 5.56 Å². The zero-order chi connectivity index (χ0) is 18.2. The molecule has 1 aliphatic heterocycles. The minimum absolute atomic E-state index is 0.179. The van der Waals surface area contributed by atoms with Gasteiger partial charge in [0.05, 0.1) is 6.61 Å². The van der Waals surface area contributed by atoms with Crippen molar-refractivity contribution in [1.82, 2.24) is 15.1 Å². The number of fused-ring (bicyclic) bond motifs is 1. The topological polar surface area (TPSA) is 81.4 Å². The summed E-state index contributed by atoms with van der Waals surface area (Å²) in [6, 6.07) is 11.6. The molecule has 3 heterocycles. The highest BCUT2D eigenvalue weighted by molar-refractivity contribution is 5.88. The summed E-state index contributed by atoms with van der Waals surface area (Å²) in [5.41, 5.74) is 4.03. The fourth-order valence-electron chi connectivity index (χ4n) is 3.68. The molecule has 1 aromatic carbocycles. The summed E-state index contributed by atoms with van der Waals surface area (Å²) < 4.78 is 10.6. The molecule has 1 atom stereocenters. The maximum atomic E-state index is 11.9. The Balaban J connectivity index is 1.34. The van der Waals surface area contributed by atoms with E-state index in [9.17, 15) is 4.79 Å². The fraction of sp³-hybridized carbons (Fsp3) is 0.300. The summed E-state index contributed by atoms with van der Waals surface area (Å²) in [6.45, 7) is 1.15. The SMILES string of the molecule is O=C1OCCCN1c1ccc(-c2noc(C3Cc4cccnc4C3)n2)cc1. The van der Waals surface area contributed by atoms with Gasteiger partial charge in [-0.3, -0.25) is 9.88 Å². The summed E-state index contributed by atoms with van der Waals surface area (Å²) in [5, 5.41) is 4.14. The maximum Gasteiger partial charge on any atom is 0.414 e. The van der Waals surface area contributed by atoms with Gasteiger partial charge in [0.25, 0.3) is 0 Å². The van der Waals surface area contributed by atoms with Gasteiger partial charge < -0.3 is 9.26 Å². The lowest BCUT2D eigenvalue weighted by Crippen LogP contribution is -2.37. The molecule has 0 saturated carbocycles. The number of carbonyl (C=O) groups is 1. The highest BCUT2D eigenvalue weighted by Gasteiger charge is 2.28. The Kier molecular flexibility index (Phi) is 3.85. The molecule has 3 aromatic rings. The number of ether oxygens (including phenoxy) is 1. The first-order chi connectivity index (χ1) is 13.3. The molecule has 2 aliphatic rings. The summed E-state index contributed by atoms with van der Waals surface area (Å²) in [4.78, 5) is 22.5. The van der Waals surface area contributed by atoms with Gasteiger partial charge >= 0.3 is 6.09 Å². The van der Waals surface area contributed by atoms with Crippen LogP contribution in [0.4, 0.5) is 10.5 Å². The number of rotatable bonds is 3. The second-order valence-corrected chi connectivity index (χ2v) is 6.84. The Morgan fingerprint density at radius 3 is 2.81 bits per heavy atom. The first kappa shape index (κ1) is 16.0. The van der Waals surface area contributed by atoms with Crippen LogP contribution in [0.1, 0.15) is 29.5 Å². The summed E-state index contributed by atoms with van der Waals surface area (Å²) in [7, 11) is 0. The highest BCUT2D eigenvalue weighted by Crippen LogP contribution is 2.33. The van der Waals surface area contributed by atoms with Gasteiger partial charge in [-0.05, 0) is 48.7 Å². The third-order valence-corrected chi connectivity index (χ3v) is 5.09. The largest absolute Gasteiger partial charge is 0.449 e. The van der Waals surface area contributed by atoms with Crippen LogP contribution in [-0.4, -0.2) is 34.4 Å². The number of hydrogen-bond acceptors (Lipinski definition) is 6. The van der Waals surface area contributed by atoms with Crippen LogP contribution < -0.4 is 4.90 Å². The minimum Gasteiger partial charge on any atom is -0.449 e. The fourth-order valence-corrected chi connectivity index (χ4v) is 3.68. The van der Waals surface area contributed by atoms with E-state index in [1.54, 1.807) is 4.90 Å². The molecule has 136 valence electrons. The molecule has 7 nitrogen and oxygen atoms in total. The van der Waals surface area contributed by atoms with E-state index < -0.39 is 0 Å². The molecule has 27 heavy (non-hydrogen) atoms. The van der Waals surface area contributed by atoms with Crippen LogP contribution in [0.2, 0.25) is 0 Å². The number of aromatic nitrogens is 3. The van der Waals surface area contributed by atoms with Crippen molar-refractivity contribution < 1.29 is 14.1 Å². The van der Waals surface area contributed by atoms with Crippen molar-refractivity contribution in [2.24, 2.45) is 0 Å². The molecular weight excluding hydrogens is 344 g/mol. The molecule has 2 aromatic heterocycles. The predicted octanol–water partition coefficient (Wildman–Crippen LogP) is 3.36. The second-order valence-electron chi connectivity index (χ2n) is 6.84. The van der Waals surface area contributed by atoms with Crippen LogP contribution in [0.5, 0.6) is 0 Å². The Bertz CT molecular complexity index is 958. The molecule has 1 unspecified atom stereocenters. The quantitative estimate of drug-likeness (QED) is 0.711. The first-order valence-corrected chi connectivity index (χ1v) is 9.09. The van der Waals surface area contributed by atoms with Gasteiger partial charge in [0.15, 0.2) is 0 Å². The average Bonchev–Trinajstić information content (AvgIpc) is 3.35. The number of carbonyl (C=O) groups excluding carboxylic acids is 1. The number of pyridine rings is 1. The summed E-state index contributed by atoms with van der Waals surface area (Å²) in [5.74, 6) is 1.38. The van der Waals surface area contributed by atoms with Crippen molar-refractivity contribution in [1.29, 1.82) is 0 Å². The Morgan fingerprint density at radius 2 is 2.00 bits per heavy atom. The summed E-state index contributed by atoms with van der Waals surface area (Å²) in [6.07, 6.45) is 4.06. The normalized spacial score (nSPS) is 19.0. The molecule has 7 heteroatoms. The van der Waals surface area contributed by atoms with Gasteiger partial charge in [-0.25, -0.2) is 4.79 Å². The van der Waals surface area contributed by atoms with E-state index in [-0.39, 0.29) is 12.0 Å².